The molecule has 28 heavy (non-hydrogen) atoms. The van der Waals surface area contributed by atoms with E-state index in [0.717, 1.165) is 5.69 Å². The molecule has 1 saturated heterocycles. The second-order valence-electron chi connectivity index (χ2n) is 6.13. The minimum atomic E-state index is -1.45. The van der Waals surface area contributed by atoms with Gasteiger partial charge in [0.2, 0.25) is 0 Å². The first-order chi connectivity index (χ1) is 13.4. The van der Waals surface area contributed by atoms with E-state index in [-0.39, 0.29) is 31.0 Å². The van der Waals surface area contributed by atoms with Crippen molar-refractivity contribution in [2.75, 3.05) is 6.61 Å². The van der Waals surface area contributed by atoms with Crippen LogP contribution in [0, 0.1) is 0 Å². The molecule has 1 aromatic rings. The molecule has 1 aliphatic rings. The third-order valence-corrected chi connectivity index (χ3v) is 3.80. The number of cyclic esters (lactones) is 2. The minimum Gasteiger partial charge on any atom is -0.465 e. The predicted octanol–water partition coefficient (Wildman–Crippen LogP) is 3.42. The van der Waals surface area contributed by atoms with E-state index in [2.05, 4.69) is 4.99 Å². The summed E-state index contributed by atoms with van der Waals surface area (Å²) < 4.78 is 15.3. The maximum Gasteiger partial charge on any atom is 0.348 e. The number of ether oxygens (including phenoxy) is 3. The lowest BCUT2D eigenvalue weighted by Crippen LogP contribution is -2.45. The van der Waals surface area contributed by atoms with Crippen LogP contribution >= 0.6 is 0 Å². The number of nitrogens with zero attached hydrogens (tertiary/aromatic N) is 1. The van der Waals surface area contributed by atoms with Crippen molar-refractivity contribution in [2.45, 2.75) is 38.9 Å². The lowest BCUT2D eigenvalue weighted by molar-refractivity contribution is -0.233. The van der Waals surface area contributed by atoms with Gasteiger partial charge in [-0.15, -0.1) is 0 Å². The maximum absolute atomic E-state index is 12.1. The first-order valence-corrected chi connectivity index (χ1v) is 9.00. The summed E-state index contributed by atoms with van der Waals surface area (Å²) in [5.74, 6) is -3.38. The molecule has 0 unspecified atom stereocenters. The molecule has 0 saturated carbocycles. The van der Waals surface area contributed by atoms with Crippen molar-refractivity contribution in [1.82, 2.24) is 0 Å². The molecule has 7 nitrogen and oxygen atoms in total. The van der Waals surface area contributed by atoms with Crippen molar-refractivity contribution in [3.8, 4) is 0 Å². The third-order valence-electron chi connectivity index (χ3n) is 3.80. The zero-order chi connectivity index (χ0) is 20.4. The molecule has 2 rings (SSSR count). The molecular weight excluding hydrogens is 362 g/mol. The van der Waals surface area contributed by atoms with Crippen LogP contribution in [0.25, 0.3) is 0 Å². The van der Waals surface area contributed by atoms with Crippen molar-refractivity contribution in [2.24, 2.45) is 4.99 Å². The van der Waals surface area contributed by atoms with Crippen LogP contribution < -0.4 is 0 Å². The van der Waals surface area contributed by atoms with Gasteiger partial charge < -0.3 is 14.2 Å². The Labute approximate surface area is 163 Å². The van der Waals surface area contributed by atoms with Gasteiger partial charge in [-0.3, -0.25) is 9.79 Å². The zero-order valence-electron chi connectivity index (χ0n) is 15.9. The summed E-state index contributed by atoms with van der Waals surface area (Å²) >= 11 is 0. The highest BCUT2D eigenvalue weighted by Crippen LogP contribution is 2.26. The number of carbonyl (C=O) groups excluding carboxylic acids is 3. The Balaban J connectivity index is 1.86. The molecular formula is C21H23NO6. The molecule has 0 radical (unpaired) electrons. The van der Waals surface area contributed by atoms with Crippen LogP contribution in [0.2, 0.25) is 0 Å². The molecule has 1 fully saturated rings. The lowest BCUT2D eigenvalue weighted by Gasteiger charge is -2.33. The van der Waals surface area contributed by atoms with E-state index in [1.54, 1.807) is 25.3 Å². The summed E-state index contributed by atoms with van der Waals surface area (Å²) in [5.41, 5.74) is 0.650. The molecule has 0 bridgehead atoms. The van der Waals surface area contributed by atoms with Gasteiger partial charge in [0.1, 0.15) is 5.57 Å². The molecule has 0 N–H and O–H groups in total. The van der Waals surface area contributed by atoms with Gasteiger partial charge in [-0.2, -0.15) is 0 Å². The largest absolute Gasteiger partial charge is 0.465 e. The first kappa shape index (κ1) is 21.1. The zero-order valence-corrected chi connectivity index (χ0v) is 15.9. The summed E-state index contributed by atoms with van der Waals surface area (Å²) in [6.45, 7) is 3.11. The van der Waals surface area contributed by atoms with Gasteiger partial charge in [0, 0.05) is 26.0 Å². The van der Waals surface area contributed by atoms with Crippen LogP contribution in [0.1, 0.15) is 33.1 Å². The van der Waals surface area contributed by atoms with Crippen LogP contribution in [-0.4, -0.2) is 36.5 Å². The molecule has 0 amide bonds. The monoisotopic (exact) mass is 385 g/mol. The summed E-state index contributed by atoms with van der Waals surface area (Å²) in [7, 11) is 0. The van der Waals surface area contributed by atoms with Gasteiger partial charge in [0.05, 0.1) is 18.7 Å². The molecule has 0 spiro atoms. The summed E-state index contributed by atoms with van der Waals surface area (Å²) in [6, 6.07) is 9.48. The van der Waals surface area contributed by atoms with Crippen LogP contribution in [0.15, 0.2) is 59.1 Å². The highest BCUT2D eigenvalue weighted by molar-refractivity contribution is 6.15. The van der Waals surface area contributed by atoms with Crippen LogP contribution in [0.3, 0.4) is 0 Å². The van der Waals surface area contributed by atoms with Crippen molar-refractivity contribution < 1.29 is 28.6 Å². The average molecular weight is 385 g/mol. The predicted molar refractivity (Wildman–Crippen MR) is 103 cm³/mol. The number of rotatable bonds is 8. The van der Waals surface area contributed by atoms with Crippen LogP contribution in [0.4, 0.5) is 5.69 Å². The van der Waals surface area contributed by atoms with E-state index in [4.69, 9.17) is 14.2 Å². The Morgan fingerprint density at radius 3 is 2.50 bits per heavy atom. The number of hydrogen-bond donors (Lipinski definition) is 0. The Bertz CT molecular complexity index is 774. The number of aliphatic imine (C=N–C) groups is 1. The summed E-state index contributed by atoms with van der Waals surface area (Å²) in [6.07, 6.45) is 7.22. The number of esters is 3. The van der Waals surface area contributed by atoms with E-state index in [1.165, 1.54) is 13.0 Å². The second kappa shape index (κ2) is 10.2. The van der Waals surface area contributed by atoms with Crippen LogP contribution in [-0.2, 0) is 28.6 Å². The van der Waals surface area contributed by atoms with E-state index in [9.17, 15) is 14.4 Å². The molecule has 0 atom stereocenters. The number of allylic oxidation sites excluding steroid dienone is 3. The maximum atomic E-state index is 12.1. The van der Waals surface area contributed by atoms with Gasteiger partial charge in [-0.05, 0) is 18.2 Å². The molecule has 0 aliphatic carbocycles. The van der Waals surface area contributed by atoms with Crippen molar-refractivity contribution in [3.63, 3.8) is 0 Å². The molecule has 7 heteroatoms. The van der Waals surface area contributed by atoms with Crippen molar-refractivity contribution in [3.05, 3.63) is 54.1 Å². The topological polar surface area (TPSA) is 91.3 Å². The minimum absolute atomic E-state index is 0.0105. The average Bonchev–Trinajstić information content (AvgIpc) is 2.66. The highest BCUT2D eigenvalue weighted by atomic mass is 16.7. The van der Waals surface area contributed by atoms with Gasteiger partial charge in [-0.1, -0.05) is 37.3 Å². The molecule has 1 aliphatic heterocycles. The normalized spacial score (nSPS) is 19.6. The van der Waals surface area contributed by atoms with Crippen LogP contribution in [0.5, 0.6) is 0 Å². The number of para-hydroxylation sites is 1. The van der Waals surface area contributed by atoms with Gasteiger partial charge in [0.15, 0.2) is 0 Å². The Morgan fingerprint density at radius 1 is 1.18 bits per heavy atom. The molecule has 1 aromatic carbocycles. The fraction of sp³-hybridized carbons (Fsp3) is 0.333. The number of carbonyl (C=O) groups is 3. The van der Waals surface area contributed by atoms with Crippen molar-refractivity contribution >= 4 is 29.8 Å². The Hall–Kier alpha value is -3.22. The quantitative estimate of drug-likeness (QED) is 0.295. The highest BCUT2D eigenvalue weighted by Gasteiger charge is 2.42. The van der Waals surface area contributed by atoms with Gasteiger partial charge in [-0.25, -0.2) is 9.59 Å². The first-order valence-electron chi connectivity index (χ1n) is 9.00. The lowest BCUT2D eigenvalue weighted by atomic mass is 10.1. The standard InChI is InChI=1S/C21H23NO6/c1-3-18(23)26-15-13-21(2)27-19(24)17(20(25)28-21)12-8-5-9-14-22-16-10-6-4-7-11-16/h4-8,10-12,14H,3,9,13,15H2,1-2H3. The van der Waals surface area contributed by atoms with Gasteiger partial charge >= 0.3 is 17.9 Å². The number of hydrogen-bond acceptors (Lipinski definition) is 7. The summed E-state index contributed by atoms with van der Waals surface area (Å²) in [5, 5.41) is 0. The fourth-order valence-corrected chi connectivity index (χ4v) is 2.27. The van der Waals surface area contributed by atoms with E-state index < -0.39 is 17.7 Å². The Kier molecular flexibility index (Phi) is 7.68. The van der Waals surface area contributed by atoms with E-state index >= 15 is 0 Å². The fourth-order valence-electron chi connectivity index (χ4n) is 2.27. The van der Waals surface area contributed by atoms with E-state index in [0.29, 0.717) is 6.42 Å². The second-order valence-corrected chi connectivity index (χ2v) is 6.13. The molecule has 0 aromatic heterocycles. The molecule has 1 heterocycles. The van der Waals surface area contributed by atoms with Crippen molar-refractivity contribution in [1.29, 1.82) is 0 Å². The summed E-state index contributed by atoms with van der Waals surface area (Å²) in [4.78, 5) is 39.7. The SMILES string of the molecule is CCC(=O)OCCC1(C)OC(=O)C(=CC=CCC=Nc2ccccc2)C(=O)O1. The smallest absolute Gasteiger partial charge is 0.348 e. The number of benzene rings is 1. The van der Waals surface area contributed by atoms with E-state index in [1.807, 2.05) is 30.3 Å². The Morgan fingerprint density at radius 2 is 1.86 bits per heavy atom. The molecule has 148 valence electrons. The van der Waals surface area contributed by atoms with Gasteiger partial charge in [0.25, 0.3) is 5.79 Å². The third kappa shape index (κ3) is 6.50.